The largest absolute Gasteiger partial charge is 0.293 e. The van der Waals surface area contributed by atoms with E-state index in [0.29, 0.717) is 19.5 Å². The zero-order valence-electron chi connectivity index (χ0n) is 8.67. The van der Waals surface area contributed by atoms with Crippen molar-refractivity contribution in [1.29, 1.82) is 0 Å². The standard InChI is InChI=1S/C10H12ClF2N3/c11-9-14-4-8(5-15-9)6-16-3-1-2-10(12,13)7-16/h4-5H,1-3,6-7H2. The molecule has 6 heteroatoms. The van der Waals surface area contributed by atoms with Gasteiger partial charge in [0.25, 0.3) is 5.92 Å². The average molecular weight is 248 g/mol. The fourth-order valence-corrected chi connectivity index (χ4v) is 1.96. The van der Waals surface area contributed by atoms with E-state index in [-0.39, 0.29) is 18.2 Å². The minimum atomic E-state index is -2.56. The minimum absolute atomic E-state index is 0.0133. The van der Waals surface area contributed by atoms with Gasteiger partial charge in [0.1, 0.15) is 0 Å². The molecule has 0 bridgehead atoms. The zero-order chi connectivity index (χ0) is 11.6. The van der Waals surface area contributed by atoms with Crippen LogP contribution in [0.4, 0.5) is 8.78 Å². The predicted octanol–water partition coefficient (Wildman–Crippen LogP) is 2.36. The van der Waals surface area contributed by atoms with Crippen molar-refractivity contribution in [1.82, 2.24) is 14.9 Å². The third-order valence-corrected chi connectivity index (χ3v) is 2.75. The summed E-state index contributed by atoms with van der Waals surface area (Å²) in [5, 5.41) is 0.174. The Hall–Kier alpha value is -0.810. The van der Waals surface area contributed by atoms with E-state index in [1.54, 1.807) is 17.3 Å². The van der Waals surface area contributed by atoms with Crippen LogP contribution in [0, 0.1) is 0 Å². The Morgan fingerprint density at radius 1 is 1.38 bits per heavy atom. The van der Waals surface area contributed by atoms with E-state index in [9.17, 15) is 8.78 Å². The lowest BCUT2D eigenvalue weighted by atomic mass is 10.1. The average Bonchev–Trinajstić information content (AvgIpc) is 2.20. The molecule has 0 atom stereocenters. The summed E-state index contributed by atoms with van der Waals surface area (Å²) < 4.78 is 26.3. The van der Waals surface area contributed by atoms with Crippen LogP contribution in [-0.2, 0) is 6.54 Å². The molecule has 16 heavy (non-hydrogen) atoms. The summed E-state index contributed by atoms with van der Waals surface area (Å²) >= 11 is 5.54. The van der Waals surface area contributed by atoms with Gasteiger partial charge in [0, 0.05) is 30.9 Å². The van der Waals surface area contributed by atoms with Gasteiger partial charge in [0.2, 0.25) is 5.28 Å². The maximum Gasteiger partial charge on any atom is 0.260 e. The topological polar surface area (TPSA) is 29.0 Å². The van der Waals surface area contributed by atoms with Crippen LogP contribution in [0.5, 0.6) is 0 Å². The zero-order valence-corrected chi connectivity index (χ0v) is 9.42. The molecule has 88 valence electrons. The quantitative estimate of drug-likeness (QED) is 0.752. The minimum Gasteiger partial charge on any atom is -0.293 e. The van der Waals surface area contributed by atoms with Gasteiger partial charge in [0.05, 0.1) is 6.54 Å². The molecule has 0 aromatic carbocycles. The van der Waals surface area contributed by atoms with E-state index >= 15 is 0 Å². The molecule has 1 fully saturated rings. The fraction of sp³-hybridized carbons (Fsp3) is 0.600. The Morgan fingerprint density at radius 3 is 2.69 bits per heavy atom. The molecule has 1 aliphatic heterocycles. The third kappa shape index (κ3) is 3.09. The van der Waals surface area contributed by atoms with Crippen molar-refractivity contribution in [3.05, 3.63) is 23.2 Å². The molecule has 0 spiro atoms. The number of hydrogen-bond acceptors (Lipinski definition) is 3. The predicted molar refractivity (Wildman–Crippen MR) is 56.5 cm³/mol. The van der Waals surface area contributed by atoms with Crippen molar-refractivity contribution >= 4 is 11.6 Å². The first-order valence-electron chi connectivity index (χ1n) is 5.12. The lowest BCUT2D eigenvalue weighted by molar-refractivity contribution is -0.0661. The van der Waals surface area contributed by atoms with Gasteiger partial charge in [-0.3, -0.25) is 4.90 Å². The van der Waals surface area contributed by atoms with E-state index in [4.69, 9.17) is 11.6 Å². The monoisotopic (exact) mass is 247 g/mol. The van der Waals surface area contributed by atoms with Crippen LogP contribution in [0.2, 0.25) is 5.28 Å². The maximum absolute atomic E-state index is 13.1. The Kier molecular flexibility index (Phi) is 3.35. The van der Waals surface area contributed by atoms with Crippen molar-refractivity contribution < 1.29 is 8.78 Å². The fourth-order valence-electron chi connectivity index (χ4n) is 1.86. The summed E-state index contributed by atoms with van der Waals surface area (Å²) in [7, 11) is 0. The van der Waals surface area contributed by atoms with Crippen molar-refractivity contribution in [3.8, 4) is 0 Å². The molecule has 1 aromatic rings. The molecule has 1 saturated heterocycles. The Morgan fingerprint density at radius 2 is 2.06 bits per heavy atom. The second kappa shape index (κ2) is 4.59. The van der Waals surface area contributed by atoms with E-state index in [1.807, 2.05) is 0 Å². The number of likely N-dealkylation sites (tertiary alicyclic amines) is 1. The first kappa shape index (κ1) is 11.7. The molecular weight excluding hydrogens is 236 g/mol. The summed E-state index contributed by atoms with van der Waals surface area (Å²) in [6.07, 6.45) is 3.66. The molecule has 0 saturated carbocycles. The maximum atomic E-state index is 13.1. The van der Waals surface area contributed by atoms with E-state index in [2.05, 4.69) is 9.97 Å². The van der Waals surface area contributed by atoms with Gasteiger partial charge in [-0.15, -0.1) is 0 Å². The van der Waals surface area contributed by atoms with Crippen molar-refractivity contribution in [2.45, 2.75) is 25.3 Å². The Balaban J connectivity index is 1.97. The molecule has 0 N–H and O–H groups in total. The lowest BCUT2D eigenvalue weighted by Crippen LogP contribution is -2.42. The van der Waals surface area contributed by atoms with Gasteiger partial charge < -0.3 is 0 Å². The highest BCUT2D eigenvalue weighted by Crippen LogP contribution is 2.27. The van der Waals surface area contributed by atoms with Crippen LogP contribution in [0.15, 0.2) is 12.4 Å². The summed E-state index contributed by atoms with van der Waals surface area (Å²) in [5.41, 5.74) is 0.808. The molecule has 0 radical (unpaired) electrons. The SMILES string of the molecule is FC1(F)CCCN(Cc2cnc(Cl)nc2)C1. The van der Waals surface area contributed by atoms with Crippen molar-refractivity contribution in [2.24, 2.45) is 0 Å². The number of alkyl halides is 2. The molecule has 1 aliphatic rings. The molecule has 3 nitrogen and oxygen atoms in total. The van der Waals surface area contributed by atoms with E-state index in [0.717, 1.165) is 5.56 Å². The van der Waals surface area contributed by atoms with Crippen molar-refractivity contribution in [2.75, 3.05) is 13.1 Å². The van der Waals surface area contributed by atoms with Gasteiger partial charge in [-0.2, -0.15) is 0 Å². The molecule has 1 aromatic heterocycles. The lowest BCUT2D eigenvalue weighted by Gasteiger charge is -2.32. The summed E-state index contributed by atoms with van der Waals surface area (Å²) in [6.45, 7) is 0.959. The number of piperidine rings is 1. The van der Waals surface area contributed by atoms with E-state index in [1.165, 1.54) is 0 Å². The highest BCUT2D eigenvalue weighted by molar-refractivity contribution is 6.28. The second-order valence-corrected chi connectivity index (χ2v) is 4.37. The number of aromatic nitrogens is 2. The molecular formula is C10H12ClF2N3. The summed E-state index contributed by atoms with van der Waals surface area (Å²) in [6, 6.07) is 0. The third-order valence-electron chi connectivity index (χ3n) is 2.55. The number of halogens is 3. The Labute approximate surface area is 97.4 Å². The first-order valence-corrected chi connectivity index (χ1v) is 5.50. The molecule has 2 rings (SSSR count). The van der Waals surface area contributed by atoms with Crippen LogP contribution < -0.4 is 0 Å². The van der Waals surface area contributed by atoms with Gasteiger partial charge in [-0.25, -0.2) is 18.7 Å². The van der Waals surface area contributed by atoms with E-state index < -0.39 is 5.92 Å². The van der Waals surface area contributed by atoms with Crippen LogP contribution in [0.3, 0.4) is 0 Å². The number of rotatable bonds is 2. The normalized spacial score (nSPS) is 20.9. The molecule has 2 heterocycles. The number of nitrogens with zero attached hydrogens (tertiary/aromatic N) is 3. The second-order valence-electron chi connectivity index (χ2n) is 4.03. The van der Waals surface area contributed by atoms with Crippen LogP contribution in [-0.4, -0.2) is 33.9 Å². The summed E-state index contributed by atoms with van der Waals surface area (Å²) in [4.78, 5) is 9.36. The van der Waals surface area contributed by atoms with Gasteiger partial charge in [-0.1, -0.05) is 0 Å². The highest BCUT2D eigenvalue weighted by Gasteiger charge is 2.34. The number of hydrogen-bond donors (Lipinski definition) is 0. The Bertz CT molecular complexity index is 356. The van der Waals surface area contributed by atoms with Gasteiger partial charge in [0.15, 0.2) is 0 Å². The molecule has 0 unspecified atom stereocenters. The van der Waals surface area contributed by atoms with Crippen LogP contribution in [0.1, 0.15) is 18.4 Å². The molecule has 0 aliphatic carbocycles. The van der Waals surface area contributed by atoms with Crippen LogP contribution >= 0.6 is 11.6 Å². The van der Waals surface area contributed by atoms with Crippen molar-refractivity contribution in [3.63, 3.8) is 0 Å². The van der Waals surface area contributed by atoms with Gasteiger partial charge >= 0.3 is 0 Å². The van der Waals surface area contributed by atoms with Gasteiger partial charge in [-0.05, 0) is 24.6 Å². The highest BCUT2D eigenvalue weighted by atomic mass is 35.5. The van der Waals surface area contributed by atoms with Crippen LogP contribution in [0.25, 0.3) is 0 Å². The molecule has 0 amide bonds. The smallest absolute Gasteiger partial charge is 0.260 e. The first-order chi connectivity index (χ1) is 7.55. The summed E-state index contributed by atoms with van der Waals surface area (Å²) in [5.74, 6) is -2.56.